The molecule has 0 bridgehead atoms. The number of carbonyl (C=O) groups excluding carboxylic acids is 1. The van der Waals surface area contributed by atoms with E-state index < -0.39 is 0 Å². The highest BCUT2D eigenvalue weighted by Gasteiger charge is 2.05. The summed E-state index contributed by atoms with van der Waals surface area (Å²) >= 11 is 0. The lowest BCUT2D eigenvalue weighted by Gasteiger charge is -2.07. The third-order valence-corrected chi connectivity index (χ3v) is 1.72. The monoisotopic (exact) mass is 193 g/mol. The summed E-state index contributed by atoms with van der Waals surface area (Å²) in [6, 6.07) is 1.76. The maximum atomic E-state index is 11.5. The molecule has 0 saturated carbocycles. The Kier molecular flexibility index (Phi) is 3.59. The third-order valence-electron chi connectivity index (χ3n) is 1.72. The molecule has 0 aliphatic carbocycles. The summed E-state index contributed by atoms with van der Waals surface area (Å²) in [6.45, 7) is 4.22. The molecule has 1 rings (SSSR count). The van der Waals surface area contributed by atoms with Crippen LogP contribution in [0.3, 0.4) is 0 Å². The molecule has 1 aromatic rings. The van der Waals surface area contributed by atoms with Crippen molar-refractivity contribution in [3.05, 3.63) is 29.6 Å². The Hall–Kier alpha value is -1.42. The SMILES string of the molecule is Cc1cncc(C(=O)NCC(C)N)c1. The van der Waals surface area contributed by atoms with Crippen LogP contribution in [-0.4, -0.2) is 23.5 Å². The summed E-state index contributed by atoms with van der Waals surface area (Å²) in [5.74, 6) is -0.126. The summed E-state index contributed by atoms with van der Waals surface area (Å²) < 4.78 is 0. The van der Waals surface area contributed by atoms with Crippen molar-refractivity contribution in [3.63, 3.8) is 0 Å². The van der Waals surface area contributed by atoms with Gasteiger partial charge in [0.05, 0.1) is 5.56 Å². The van der Waals surface area contributed by atoms with Gasteiger partial charge in [-0.2, -0.15) is 0 Å². The maximum Gasteiger partial charge on any atom is 0.252 e. The highest BCUT2D eigenvalue weighted by atomic mass is 16.1. The van der Waals surface area contributed by atoms with Gasteiger partial charge in [-0.05, 0) is 25.5 Å². The van der Waals surface area contributed by atoms with E-state index in [4.69, 9.17) is 5.73 Å². The Labute approximate surface area is 83.5 Å². The molecule has 0 saturated heterocycles. The molecule has 3 N–H and O–H groups in total. The summed E-state index contributed by atoms with van der Waals surface area (Å²) in [5, 5.41) is 2.72. The van der Waals surface area contributed by atoms with Gasteiger partial charge < -0.3 is 11.1 Å². The molecule has 76 valence electrons. The number of aryl methyl sites for hydroxylation is 1. The van der Waals surface area contributed by atoms with Gasteiger partial charge in [-0.3, -0.25) is 9.78 Å². The van der Waals surface area contributed by atoms with E-state index in [1.807, 2.05) is 13.8 Å². The van der Waals surface area contributed by atoms with Crippen LogP contribution in [0.15, 0.2) is 18.5 Å². The van der Waals surface area contributed by atoms with Crippen LogP contribution in [0.25, 0.3) is 0 Å². The average Bonchev–Trinajstić information content (AvgIpc) is 2.14. The molecule has 1 amide bonds. The average molecular weight is 193 g/mol. The molecule has 4 heteroatoms. The Morgan fingerprint density at radius 1 is 1.64 bits per heavy atom. The Balaban J connectivity index is 2.61. The van der Waals surface area contributed by atoms with Gasteiger partial charge in [-0.25, -0.2) is 0 Å². The lowest BCUT2D eigenvalue weighted by atomic mass is 10.2. The predicted molar refractivity (Wildman–Crippen MR) is 55.0 cm³/mol. The van der Waals surface area contributed by atoms with Crippen LogP contribution in [0, 0.1) is 6.92 Å². The predicted octanol–water partition coefficient (Wildman–Crippen LogP) is 0.467. The molecule has 0 aromatic carbocycles. The van der Waals surface area contributed by atoms with E-state index >= 15 is 0 Å². The first-order chi connectivity index (χ1) is 6.59. The number of rotatable bonds is 3. The number of nitrogens with zero attached hydrogens (tertiary/aromatic N) is 1. The maximum absolute atomic E-state index is 11.5. The van der Waals surface area contributed by atoms with Gasteiger partial charge in [0.2, 0.25) is 0 Å². The quantitative estimate of drug-likeness (QED) is 0.733. The van der Waals surface area contributed by atoms with Gasteiger partial charge in [0, 0.05) is 25.0 Å². The van der Waals surface area contributed by atoms with Crippen LogP contribution < -0.4 is 11.1 Å². The van der Waals surface area contributed by atoms with Crippen molar-refractivity contribution < 1.29 is 4.79 Å². The van der Waals surface area contributed by atoms with Crippen LogP contribution in [0.2, 0.25) is 0 Å². The van der Waals surface area contributed by atoms with E-state index in [0.29, 0.717) is 12.1 Å². The molecular formula is C10H15N3O. The van der Waals surface area contributed by atoms with E-state index in [1.54, 1.807) is 18.5 Å². The number of nitrogens with one attached hydrogen (secondary N) is 1. The first-order valence-corrected chi connectivity index (χ1v) is 4.55. The van der Waals surface area contributed by atoms with Crippen LogP contribution in [0.5, 0.6) is 0 Å². The fraction of sp³-hybridized carbons (Fsp3) is 0.400. The highest BCUT2D eigenvalue weighted by molar-refractivity contribution is 5.93. The number of hydrogen-bond acceptors (Lipinski definition) is 3. The Bertz CT molecular complexity index is 323. The Morgan fingerprint density at radius 3 is 2.93 bits per heavy atom. The number of nitrogens with two attached hydrogens (primary N) is 1. The number of aromatic nitrogens is 1. The summed E-state index contributed by atoms with van der Waals surface area (Å²) in [4.78, 5) is 15.4. The van der Waals surface area contributed by atoms with Gasteiger partial charge >= 0.3 is 0 Å². The minimum Gasteiger partial charge on any atom is -0.350 e. The first-order valence-electron chi connectivity index (χ1n) is 4.55. The third kappa shape index (κ3) is 3.14. The fourth-order valence-electron chi connectivity index (χ4n) is 1.03. The van der Waals surface area contributed by atoms with E-state index in [1.165, 1.54) is 0 Å². The lowest BCUT2D eigenvalue weighted by Crippen LogP contribution is -2.35. The zero-order valence-corrected chi connectivity index (χ0v) is 8.45. The molecule has 0 aliphatic rings. The van der Waals surface area contributed by atoms with Crippen molar-refractivity contribution in [2.24, 2.45) is 5.73 Å². The smallest absolute Gasteiger partial charge is 0.252 e. The van der Waals surface area contributed by atoms with E-state index in [9.17, 15) is 4.79 Å². The van der Waals surface area contributed by atoms with Crippen LogP contribution in [0.4, 0.5) is 0 Å². The summed E-state index contributed by atoms with van der Waals surface area (Å²) in [7, 11) is 0. The summed E-state index contributed by atoms with van der Waals surface area (Å²) in [6.07, 6.45) is 3.26. The largest absolute Gasteiger partial charge is 0.350 e. The zero-order chi connectivity index (χ0) is 10.6. The number of hydrogen-bond donors (Lipinski definition) is 2. The van der Waals surface area contributed by atoms with E-state index in [-0.39, 0.29) is 11.9 Å². The van der Waals surface area contributed by atoms with Crippen LogP contribution in [-0.2, 0) is 0 Å². The normalized spacial score (nSPS) is 12.2. The fourth-order valence-corrected chi connectivity index (χ4v) is 1.03. The van der Waals surface area contributed by atoms with Gasteiger partial charge in [0.1, 0.15) is 0 Å². The van der Waals surface area contributed by atoms with Crippen molar-refractivity contribution in [1.82, 2.24) is 10.3 Å². The minimum atomic E-state index is -0.126. The molecule has 4 nitrogen and oxygen atoms in total. The molecule has 0 spiro atoms. The van der Waals surface area contributed by atoms with Crippen molar-refractivity contribution in [1.29, 1.82) is 0 Å². The minimum absolute atomic E-state index is 0.0308. The molecule has 1 unspecified atom stereocenters. The van der Waals surface area contributed by atoms with Crippen molar-refractivity contribution in [2.75, 3.05) is 6.54 Å². The van der Waals surface area contributed by atoms with Crippen LogP contribution in [0.1, 0.15) is 22.8 Å². The zero-order valence-electron chi connectivity index (χ0n) is 8.45. The van der Waals surface area contributed by atoms with Crippen molar-refractivity contribution >= 4 is 5.91 Å². The van der Waals surface area contributed by atoms with E-state index in [2.05, 4.69) is 10.3 Å². The van der Waals surface area contributed by atoms with Gasteiger partial charge in [-0.1, -0.05) is 0 Å². The number of amides is 1. The van der Waals surface area contributed by atoms with Gasteiger partial charge in [0.15, 0.2) is 0 Å². The number of carbonyl (C=O) groups is 1. The molecule has 1 heterocycles. The van der Waals surface area contributed by atoms with Crippen molar-refractivity contribution in [3.8, 4) is 0 Å². The molecule has 14 heavy (non-hydrogen) atoms. The second kappa shape index (κ2) is 4.72. The second-order valence-electron chi connectivity index (χ2n) is 3.44. The molecular weight excluding hydrogens is 178 g/mol. The van der Waals surface area contributed by atoms with Gasteiger partial charge in [-0.15, -0.1) is 0 Å². The number of pyridine rings is 1. The molecule has 1 atom stereocenters. The molecule has 1 aromatic heterocycles. The molecule has 0 fully saturated rings. The Morgan fingerprint density at radius 2 is 2.36 bits per heavy atom. The van der Waals surface area contributed by atoms with Crippen molar-refractivity contribution in [2.45, 2.75) is 19.9 Å². The van der Waals surface area contributed by atoms with E-state index in [0.717, 1.165) is 5.56 Å². The first kappa shape index (κ1) is 10.7. The highest BCUT2D eigenvalue weighted by Crippen LogP contribution is 2.00. The summed E-state index contributed by atoms with van der Waals surface area (Å²) in [5.41, 5.74) is 7.06. The van der Waals surface area contributed by atoms with Gasteiger partial charge in [0.25, 0.3) is 5.91 Å². The standard InChI is InChI=1S/C10H15N3O/c1-7-3-9(6-12-4-7)10(14)13-5-8(2)11/h3-4,6,8H,5,11H2,1-2H3,(H,13,14). The molecule has 0 radical (unpaired) electrons. The second-order valence-corrected chi connectivity index (χ2v) is 3.44. The topological polar surface area (TPSA) is 68.0 Å². The lowest BCUT2D eigenvalue weighted by molar-refractivity contribution is 0.0951. The van der Waals surface area contributed by atoms with Crippen LogP contribution >= 0.6 is 0 Å². The molecule has 0 aliphatic heterocycles.